The first kappa shape index (κ1) is 36.0. The van der Waals surface area contributed by atoms with Crippen LogP contribution in [-0.4, -0.2) is 87.9 Å². The fraction of sp³-hybridized carbons (Fsp3) is 0.359. The van der Waals surface area contributed by atoms with Gasteiger partial charge in [0.05, 0.1) is 30.3 Å². The van der Waals surface area contributed by atoms with Crippen molar-refractivity contribution in [1.29, 1.82) is 0 Å². The number of H-pyrrole nitrogens is 1. The number of ether oxygens (including phenoxy) is 3. The Morgan fingerprint density at radius 1 is 0.925 bits per heavy atom. The molecule has 5 aromatic rings. The third kappa shape index (κ3) is 7.44. The van der Waals surface area contributed by atoms with Gasteiger partial charge in [0, 0.05) is 81.8 Å². The number of amides is 1. The molecule has 2 aliphatic heterocycles. The zero-order valence-corrected chi connectivity index (χ0v) is 30.6. The number of piperidine rings is 2. The molecule has 2 aromatic carbocycles. The molecule has 1 amide bonds. The number of aromatic nitrogens is 4. The van der Waals surface area contributed by atoms with Crippen LogP contribution in [0.25, 0.3) is 27.6 Å². The predicted molar refractivity (Wildman–Crippen MR) is 202 cm³/mol. The quantitative estimate of drug-likeness (QED) is 0.231. The van der Waals surface area contributed by atoms with Crippen LogP contribution in [0.4, 0.5) is 0 Å². The second kappa shape index (κ2) is 15.3. The van der Waals surface area contributed by atoms with Crippen LogP contribution >= 0.6 is 11.6 Å². The number of methoxy groups -OCH3 is 2. The summed E-state index contributed by atoms with van der Waals surface area (Å²) in [5.74, 6) is 2.02. The van der Waals surface area contributed by atoms with Crippen molar-refractivity contribution in [2.75, 3.05) is 46.9 Å². The number of nitrogens with one attached hydrogen (secondary N) is 1. The number of fused-ring (bicyclic) bond motifs is 1. The van der Waals surface area contributed by atoms with E-state index in [1.54, 1.807) is 56.4 Å². The van der Waals surface area contributed by atoms with Crippen molar-refractivity contribution in [3.05, 3.63) is 109 Å². The molecule has 2 saturated heterocycles. The summed E-state index contributed by atoms with van der Waals surface area (Å²) in [5.41, 5.74) is 1.22. The summed E-state index contributed by atoms with van der Waals surface area (Å²) in [5, 5.41) is 1.63. The average molecular weight is 741 g/mol. The first-order chi connectivity index (χ1) is 25.6. The largest absolute Gasteiger partial charge is 0.493 e. The number of nitrogens with zero attached hydrogens (tertiary/aromatic N) is 5. The van der Waals surface area contributed by atoms with Gasteiger partial charge in [-0.1, -0.05) is 11.6 Å². The van der Waals surface area contributed by atoms with Gasteiger partial charge in [0.2, 0.25) is 5.75 Å². The molecule has 13 nitrogen and oxygen atoms in total. The maximum Gasteiger partial charge on any atom is 0.332 e. The maximum atomic E-state index is 13.5. The number of carbonyl (C=O) groups excluding carboxylic acids is 1. The zero-order chi connectivity index (χ0) is 37.2. The van der Waals surface area contributed by atoms with Crippen molar-refractivity contribution in [2.24, 2.45) is 13.0 Å². The topological polar surface area (TPSA) is 141 Å². The lowest BCUT2D eigenvalue weighted by molar-refractivity contribution is 0.0599. The SMILES string of the molecule is COc1cc(-c2cn(C)c(=O)c3cnccc23)cc(OC)c1OC1CCN(CC2CCN(C(=O)c3ccc(Cl)c(-n4ccc(=O)[nH]c4=O)c3)CC2)CC1. The smallest absolute Gasteiger partial charge is 0.332 e. The van der Waals surface area contributed by atoms with Gasteiger partial charge in [-0.25, -0.2) is 4.79 Å². The monoisotopic (exact) mass is 740 g/mol. The molecule has 0 spiro atoms. The van der Waals surface area contributed by atoms with Gasteiger partial charge in [0.1, 0.15) is 6.10 Å². The third-order valence-corrected chi connectivity index (χ3v) is 10.6. The molecule has 276 valence electrons. The van der Waals surface area contributed by atoms with Gasteiger partial charge in [0.25, 0.3) is 17.0 Å². The van der Waals surface area contributed by atoms with Crippen LogP contribution in [0.1, 0.15) is 36.0 Å². The molecule has 7 rings (SSSR count). The Kier molecular flexibility index (Phi) is 10.4. The Morgan fingerprint density at radius 2 is 1.64 bits per heavy atom. The number of pyridine rings is 2. The molecule has 2 aliphatic rings. The molecule has 0 radical (unpaired) electrons. The lowest BCUT2D eigenvalue weighted by Crippen LogP contribution is -2.44. The lowest BCUT2D eigenvalue weighted by atomic mass is 9.94. The summed E-state index contributed by atoms with van der Waals surface area (Å²) < 4.78 is 21.0. The average Bonchev–Trinajstić information content (AvgIpc) is 3.17. The van der Waals surface area contributed by atoms with Crippen LogP contribution in [0.15, 0.2) is 81.6 Å². The van der Waals surface area contributed by atoms with Crippen LogP contribution < -0.4 is 31.0 Å². The Bertz CT molecular complexity index is 2310. The van der Waals surface area contributed by atoms with E-state index in [1.807, 2.05) is 29.3 Å². The Labute approximate surface area is 310 Å². The zero-order valence-electron chi connectivity index (χ0n) is 29.8. The van der Waals surface area contributed by atoms with Gasteiger partial charge in [0.15, 0.2) is 11.5 Å². The molecular formula is C39H41ClN6O7. The normalized spacial score (nSPS) is 15.8. The van der Waals surface area contributed by atoms with E-state index in [4.69, 9.17) is 25.8 Å². The van der Waals surface area contributed by atoms with E-state index in [0.29, 0.717) is 57.9 Å². The first-order valence-electron chi connectivity index (χ1n) is 17.6. The number of halogens is 1. The van der Waals surface area contributed by atoms with E-state index in [9.17, 15) is 19.2 Å². The maximum absolute atomic E-state index is 13.5. The minimum Gasteiger partial charge on any atom is -0.493 e. The first-order valence-corrected chi connectivity index (χ1v) is 18.0. The molecule has 53 heavy (non-hydrogen) atoms. The van der Waals surface area contributed by atoms with E-state index in [-0.39, 0.29) is 17.6 Å². The Hall–Kier alpha value is -5.40. The second-order valence-corrected chi connectivity index (χ2v) is 14.0. The summed E-state index contributed by atoms with van der Waals surface area (Å²) in [4.78, 5) is 60.8. The molecule has 2 fully saturated rings. The minimum atomic E-state index is -0.625. The molecule has 3 aromatic heterocycles. The van der Waals surface area contributed by atoms with Crippen LogP contribution in [0.3, 0.4) is 0 Å². The third-order valence-electron chi connectivity index (χ3n) is 10.3. The van der Waals surface area contributed by atoms with E-state index < -0.39 is 11.2 Å². The van der Waals surface area contributed by atoms with Crippen LogP contribution in [0, 0.1) is 5.92 Å². The van der Waals surface area contributed by atoms with Crippen molar-refractivity contribution in [3.8, 4) is 34.1 Å². The Morgan fingerprint density at radius 3 is 2.32 bits per heavy atom. The van der Waals surface area contributed by atoms with Gasteiger partial charge >= 0.3 is 5.69 Å². The number of likely N-dealkylation sites (tertiary alicyclic amines) is 2. The molecule has 0 aliphatic carbocycles. The number of aromatic amines is 1. The molecule has 0 atom stereocenters. The standard InChI is InChI=1S/C39H41ClN6O7/c1-43-23-30(28-6-12-41-21-29(28)38(43)49)26-19-33(51-2)36(34(20-26)52-3)53-27-9-13-44(14-10-27)22-24-7-15-45(16-8-24)37(48)25-4-5-31(40)32(18-25)46-17-11-35(47)42-39(46)50/h4-6,11-12,17-21,23-24,27H,7-10,13-16,22H2,1-3H3,(H,42,47,50). The summed E-state index contributed by atoms with van der Waals surface area (Å²) in [6, 6.07) is 11.8. The van der Waals surface area contributed by atoms with E-state index >= 15 is 0 Å². The molecule has 0 bridgehead atoms. The highest BCUT2D eigenvalue weighted by atomic mass is 35.5. The van der Waals surface area contributed by atoms with Crippen LogP contribution in [0.5, 0.6) is 17.2 Å². The van der Waals surface area contributed by atoms with Crippen LogP contribution in [-0.2, 0) is 7.05 Å². The van der Waals surface area contributed by atoms with Crippen LogP contribution in [0.2, 0.25) is 5.02 Å². The Balaban J connectivity index is 0.951. The van der Waals surface area contributed by atoms with Gasteiger partial charge in [-0.2, -0.15) is 0 Å². The van der Waals surface area contributed by atoms with Gasteiger partial charge < -0.3 is 28.6 Å². The number of aryl methyl sites for hydroxylation is 1. The number of carbonyl (C=O) groups is 1. The fourth-order valence-corrected chi connectivity index (χ4v) is 7.58. The van der Waals surface area contributed by atoms with E-state index in [0.717, 1.165) is 61.8 Å². The van der Waals surface area contributed by atoms with Gasteiger partial charge in [-0.3, -0.25) is 28.9 Å². The predicted octanol–water partition coefficient (Wildman–Crippen LogP) is 4.51. The van der Waals surface area contributed by atoms with E-state index in [1.165, 1.54) is 16.8 Å². The second-order valence-electron chi connectivity index (χ2n) is 13.6. The molecular weight excluding hydrogens is 700 g/mol. The molecule has 14 heteroatoms. The molecule has 5 heterocycles. The van der Waals surface area contributed by atoms with E-state index in [2.05, 4.69) is 14.9 Å². The van der Waals surface area contributed by atoms with Crippen molar-refractivity contribution < 1.29 is 19.0 Å². The highest BCUT2D eigenvalue weighted by molar-refractivity contribution is 6.32. The molecule has 0 saturated carbocycles. The fourth-order valence-electron chi connectivity index (χ4n) is 7.37. The minimum absolute atomic E-state index is 0.0138. The highest BCUT2D eigenvalue weighted by Gasteiger charge is 2.29. The summed E-state index contributed by atoms with van der Waals surface area (Å²) in [7, 11) is 4.95. The number of rotatable bonds is 9. The van der Waals surface area contributed by atoms with Gasteiger partial charge in [-0.15, -0.1) is 0 Å². The highest BCUT2D eigenvalue weighted by Crippen LogP contribution is 2.43. The van der Waals surface area contributed by atoms with Gasteiger partial charge in [-0.05, 0) is 78.9 Å². The molecule has 1 N–H and O–H groups in total. The van der Waals surface area contributed by atoms with Crippen molar-refractivity contribution in [3.63, 3.8) is 0 Å². The van der Waals surface area contributed by atoms with Crippen molar-refractivity contribution in [1.82, 2.24) is 28.9 Å². The van der Waals surface area contributed by atoms with Crippen molar-refractivity contribution >= 4 is 28.3 Å². The molecule has 0 unspecified atom stereocenters. The number of benzene rings is 2. The summed E-state index contributed by atoms with van der Waals surface area (Å²) in [6.07, 6.45) is 9.90. The van der Waals surface area contributed by atoms with Crippen molar-refractivity contribution in [2.45, 2.75) is 31.8 Å². The number of hydrogen-bond donors (Lipinski definition) is 1. The summed E-state index contributed by atoms with van der Waals surface area (Å²) in [6.45, 7) is 4.02. The lowest BCUT2D eigenvalue weighted by Gasteiger charge is -2.38. The number of hydrogen-bond acceptors (Lipinski definition) is 9. The summed E-state index contributed by atoms with van der Waals surface area (Å²) >= 11 is 6.36.